The molecule has 1 saturated heterocycles. The number of carboxylic acid groups (broad SMARTS) is 1. The minimum absolute atomic E-state index is 0.0593. The Morgan fingerprint density at radius 3 is 2.95 bits per heavy atom. The summed E-state index contributed by atoms with van der Waals surface area (Å²) in [6, 6.07) is 2.40. The number of likely N-dealkylation sites (tertiary alicyclic amines) is 1. The Hall–Kier alpha value is -2.12. The molecule has 0 spiro atoms. The van der Waals surface area contributed by atoms with Crippen LogP contribution in [0.4, 0.5) is 13.6 Å². The fraction of sp³-hybridized carbons (Fsp3) is 0.538. The summed E-state index contributed by atoms with van der Waals surface area (Å²) in [6.45, 7) is -0.976. The number of piperidine rings is 1. The molecule has 116 valence electrons. The highest BCUT2D eigenvalue weighted by Crippen LogP contribution is 2.23. The first-order chi connectivity index (χ1) is 9.95. The van der Waals surface area contributed by atoms with Crippen molar-refractivity contribution in [3.8, 4) is 11.6 Å². The van der Waals surface area contributed by atoms with Crippen molar-refractivity contribution < 1.29 is 28.2 Å². The predicted molar refractivity (Wildman–Crippen MR) is 66.1 cm³/mol. The lowest BCUT2D eigenvalue weighted by Crippen LogP contribution is -2.53. The molecule has 2 unspecified atom stereocenters. The van der Waals surface area contributed by atoms with Crippen LogP contribution in [0.5, 0.6) is 11.6 Å². The van der Waals surface area contributed by atoms with Crippen molar-refractivity contribution in [1.29, 1.82) is 0 Å². The molecule has 0 aliphatic carbocycles. The second-order valence-corrected chi connectivity index (χ2v) is 4.79. The molecular weight excluding hydrogens is 286 g/mol. The molecule has 8 heteroatoms. The van der Waals surface area contributed by atoms with Crippen LogP contribution >= 0.6 is 0 Å². The number of alkyl halides is 2. The van der Waals surface area contributed by atoms with Gasteiger partial charge in [-0.3, -0.25) is 0 Å². The Labute approximate surface area is 120 Å². The molecule has 1 aliphatic rings. The van der Waals surface area contributed by atoms with Crippen LogP contribution in [-0.2, 0) is 0 Å². The molecule has 6 nitrogen and oxygen atoms in total. The summed E-state index contributed by atoms with van der Waals surface area (Å²) < 4.78 is 34.1. The lowest BCUT2D eigenvalue weighted by atomic mass is 10.0. The normalized spacial score (nSPS) is 22.2. The molecule has 2 rings (SSSR count). The summed E-state index contributed by atoms with van der Waals surface area (Å²) in [5, 5.41) is 11.0. The van der Waals surface area contributed by atoms with Gasteiger partial charge in [-0.25, -0.2) is 4.98 Å². The maximum atomic E-state index is 12.1. The van der Waals surface area contributed by atoms with Crippen LogP contribution in [0.3, 0.4) is 0 Å². The van der Waals surface area contributed by atoms with E-state index in [-0.39, 0.29) is 24.2 Å². The summed E-state index contributed by atoms with van der Waals surface area (Å²) in [5.74, 6) is 0.0573. The third kappa shape index (κ3) is 4.17. The largest absolute Gasteiger partial charge is 0.530 e. The van der Waals surface area contributed by atoms with Gasteiger partial charge < -0.3 is 24.3 Å². The van der Waals surface area contributed by atoms with Crippen molar-refractivity contribution in [2.45, 2.75) is 38.5 Å². The average molecular weight is 301 g/mol. The van der Waals surface area contributed by atoms with Crippen molar-refractivity contribution in [2.75, 3.05) is 6.54 Å². The first-order valence-electron chi connectivity index (χ1n) is 6.51. The van der Waals surface area contributed by atoms with Gasteiger partial charge in [-0.1, -0.05) is 0 Å². The number of halogens is 2. The van der Waals surface area contributed by atoms with Crippen LogP contribution in [0.15, 0.2) is 18.3 Å². The lowest BCUT2D eigenvalue weighted by molar-refractivity contribution is -0.270. The molecule has 1 aromatic rings. The Bertz CT molecular complexity index is 501. The molecule has 2 heterocycles. The zero-order valence-corrected chi connectivity index (χ0v) is 11.4. The van der Waals surface area contributed by atoms with Crippen LogP contribution in [0.2, 0.25) is 0 Å². The second kappa shape index (κ2) is 6.55. The molecule has 2 atom stereocenters. The number of rotatable bonds is 4. The van der Waals surface area contributed by atoms with E-state index in [1.165, 1.54) is 23.2 Å². The predicted octanol–water partition coefficient (Wildman–Crippen LogP) is 1.26. The molecule has 0 N–H and O–H groups in total. The number of ether oxygens (including phenoxy) is 2. The SMILES string of the molecule is CC1CCC(Oc2cc(OC(F)F)ccn2)CN1C(=O)[O-]. The molecule has 21 heavy (non-hydrogen) atoms. The van der Waals surface area contributed by atoms with E-state index in [4.69, 9.17) is 4.74 Å². The first-order valence-corrected chi connectivity index (χ1v) is 6.51. The van der Waals surface area contributed by atoms with Crippen molar-refractivity contribution in [2.24, 2.45) is 0 Å². The molecule has 1 amide bonds. The summed E-state index contributed by atoms with van der Waals surface area (Å²) >= 11 is 0. The Balaban J connectivity index is 1.99. The average Bonchev–Trinajstić information content (AvgIpc) is 2.40. The fourth-order valence-electron chi connectivity index (χ4n) is 2.23. The number of nitrogens with zero attached hydrogens (tertiary/aromatic N) is 2. The van der Waals surface area contributed by atoms with Crippen LogP contribution in [0, 0.1) is 0 Å². The molecule has 1 aromatic heterocycles. The van der Waals surface area contributed by atoms with Gasteiger partial charge in [0, 0.05) is 18.3 Å². The third-order valence-corrected chi connectivity index (χ3v) is 3.29. The maximum Gasteiger partial charge on any atom is 0.387 e. The van der Waals surface area contributed by atoms with E-state index >= 15 is 0 Å². The summed E-state index contributed by atoms with van der Waals surface area (Å²) in [7, 11) is 0. The highest BCUT2D eigenvalue weighted by Gasteiger charge is 2.27. The Morgan fingerprint density at radius 1 is 1.52 bits per heavy atom. The highest BCUT2D eigenvalue weighted by molar-refractivity contribution is 5.63. The molecular formula is C13H15F2N2O4-. The van der Waals surface area contributed by atoms with Crippen molar-refractivity contribution in [1.82, 2.24) is 9.88 Å². The Morgan fingerprint density at radius 2 is 2.29 bits per heavy atom. The number of carbonyl (C=O) groups excluding carboxylic acids is 1. The number of hydrogen-bond acceptors (Lipinski definition) is 5. The molecule has 0 saturated carbocycles. The minimum atomic E-state index is -2.93. The van der Waals surface area contributed by atoms with E-state index < -0.39 is 18.8 Å². The maximum absolute atomic E-state index is 12.1. The molecule has 0 aromatic carbocycles. The van der Waals surface area contributed by atoms with Gasteiger partial charge in [-0.05, 0) is 25.8 Å². The summed E-state index contributed by atoms with van der Waals surface area (Å²) in [6.07, 6.45) is 0.917. The van der Waals surface area contributed by atoms with Gasteiger partial charge in [-0.2, -0.15) is 8.78 Å². The number of aromatic nitrogens is 1. The second-order valence-electron chi connectivity index (χ2n) is 4.79. The van der Waals surface area contributed by atoms with E-state index in [1.54, 1.807) is 6.92 Å². The van der Waals surface area contributed by atoms with Gasteiger partial charge in [0.2, 0.25) is 5.88 Å². The third-order valence-electron chi connectivity index (χ3n) is 3.29. The van der Waals surface area contributed by atoms with Crippen LogP contribution in [0.1, 0.15) is 19.8 Å². The van der Waals surface area contributed by atoms with Gasteiger partial charge in [0.1, 0.15) is 17.9 Å². The number of pyridine rings is 1. The van der Waals surface area contributed by atoms with Gasteiger partial charge in [0.05, 0.1) is 6.54 Å². The zero-order chi connectivity index (χ0) is 15.4. The van der Waals surface area contributed by atoms with E-state index in [1.807, 2.05) is 0 Å². The highest BCUT2D eigenvalue weighted by atomic mass is 19.3. The minimum Gasteiger partial charge on any atom is -0.530 e. The monoisotopic (exact) mass is 301 g/mol. The first kappa shape index (κ1) is 15.3. The fourth-order valence-corrected chi connectivity index (χ4v) is 2.23. The summed E-state index contributed by atoms with van der Waals surface area (Å²) in [4.78, 5) is 16.1. The zero-order valence-electron chi connectivity index (χ0n) is 11.4. The van der Waals surface area contributed by atoms with Gasteiger partial charge in [0.25, 0.3) is 0 Å². The van der Waals surface area contributed by atoms with Crippen LogP contribution in [0.25, 0.3) is 0 Å². The van der Waals surface area contributed by atoms with E-state index in [0.717, 1.165) is 0 Å². The molecule has 1 fully saturated rings. The number of amides is 1. The standard InChI is InChI=1S/C13H16F2N2O4/c1-8-2-3-10(7-17(8)13(18)19)20-11-6-9(4-5-16-11)21-12(14)15/h4-6,8,10,12H,2-3,7H2,1H3,(H,18,19)/p-1. The van der Waals surface area contributed by atoms with E-state index in [0.29, 0.717) is 12.8 Å². The lowest BCUT2D eigenvalue weighted by Gasteiger charge is -2.39. The van der Waals surface area contributed by atoms with Gasteiger partial charge in [0.15, 0.2) is 0 Å². The molecule has 0 radical (unpaired) electrons. The van der Waals surface area contributed by atoms with Crippen molar-refractivity contribution >= 4 is 6.09 Å². The number of hydrogen-bond donors (Lipinski definition) is 0. The van der Waals surface area contributed by atoms with Crippen molar-refractivity contribution in [3.63, 3.8) is 0 Å². The van der Waals surface area contributed by atoms with Gasteiger partial charge in [-0.15, -0.1) is 0 Å². The molecule has 1 aliphatic heterocycles. The van der Waals surface area contributed by atoms with Crippen LogP contribution < -0.4 is 14.6 Å². The number of carbonyl (C=O) groups is 1. The van der Waals surface area contributed by atoms with Gasteiger partial charge >= 0.3 is 6.61 Å². The van der Waals surface area contributed by atoms with Crippen molar-refractivity contribution in [3.05, 3.63) is 18.3 Å². The van der Waals surface area contributed by atoms with E-state index in [9.17, 15) is 18.7 Å². The van der Waals surface area contributed by atoms with Crippen LogP contribution in [-0.4, -0.2) is 41.3 Å². The smallest absolute Gasteiger partial charge is 0.387 e. The molecule has 0 bridgehead atoms. The Kier molecular flexibility index (Phi) is 4.77. The van der Waals surface area contributed by atoms with E-state index in [2.05, 4.69) is 9.72 Å². The quantitative estimate of drug-likeness (QED) is 0.837. The summed E-state index contributed by atoms with van der Waals surface area (Å²) in [5.41, 5.74) is 0. The topological polar surface area (TPSA) is 74.7 Å².